The smallest absolute Gasteiger partial charge is 0.319 e. The molecule has 4 N–H and O–H groups in total. The van der Waals surface area contributed by atoms with Crippen LogP contribution in [0.5, 0.6) is 11.8 Å². The summed E-state index contributed by atoms with van der Waals surface area (Å²) in [7, 11) is 0. The molecule has 47 heavy (non-hydrogen) atoms. The van der Waals surface area contributed by atoms with Crippen LogP contribution in [0.15, 0.2) is 48.5 Å². The third-order valence-electron chi connectivity index (χ3n) is 11.3. The molecule has 1 aromatic heterocycles. The maximum atomic E-state index is 16.9. The van der Waals surface area contributed by atoms with Crippen molar-refractivity contribution in [1.82, 2.24) is 19.8 Å². The van der Waals surface area contributed by atoms with Crippen molar-refractivity contribution in [3.8, 4) is 22.9 Å². The minimum Gasteiger partial charge on any atom is -0.508 e. The molecule has 3 aromatic carbocycles. The molecular formula is C37H45FN6O3. The molecule has 0 saturated carbocycles. The number of aliphatic hydroxyl groups excluding tert-OH is 1. The van der Waals surface area contributed by atoms with Gasteiger partial charge in [-0.05, 0) is 106 Å². The number of rotatable bonds is 10. The lowest BCUT2D eigenvalue weighted by Gasteiger charge is -2.42. The first-order chi connectivity index (χ1) is 22.9. The lowest BCUT2D eigenvalue weighted by Crippen LogP contribution is -2.55. The zero-order chi connectivity index (χ0) is 32.1. The Morgan fingerprint density at radius 1 is 0.979 bits per heavy atom. The van der Waals surface area contributed by atoms with Gasteiger partial charge in [0, 0.05) is 42.7 Å². The van der Waals surface area contributed by atoms with Gasteiger partial charge in [0.2, 0.25) is 0 Å². The van der Waals surface area contributed by atoms with Gasteiger partial charge in [-0.25, -0.2) is 4.39 Å². The van der Waals surface area contributed by atoms with E-state index >= 15 is 4.39 Å². The minimum atomic E-state index is -0.446. The highest BCUT2D eigenvalue weighted by atomic mass is 19.1. The Morgan fingerprint density at radius 3 is 2.51 bits per heavy atom. The largest absolute Gasteiger partial charge is 0.508 e. The summed E-state index contributed by atoms with van der Waals surface area (Å²) < 4.78 is 23.3. The third kappa shape index (κ3) is 5.59. The van der Waals surface area contributed by atoms with Crippen LogP contribution in [0.1, 0.15) is 51.4 Å². The summed E-state index contributed by atoms with van der Waals surface area (Å²) in [6, 6.07) is 15.5. The molecule has 4 saturated heterocycles. The number of phenolic OH excluding ortho intramolecular Hbond substituents is 1. The normalized spacial score (nSPS) is 23.2. The van der Waals surface area contributed by atoms with Crippen LogP contribution in [-0.2, 0) is 0 Å². The van der Waals surface area contributed by atoms with Crippen molar-refractivity contribution in [2.75, 3.05) is 50.8 Å². The number of benzene rings is 3. The number of nitrogens with two attached hydrogens (primary N) is 1. The molecule has 2 bridgehead atoms. The maximum absolute atomic E-state index is 16.9. The summed E-state index contributed by atoms with van der Waals surface area (Å²) >= 11 is 0. The summed E-state index contributed by atoms with van der Waals surface area (Å²) in [4.78, 5) is 17.0. The van der Waals surface area contributed by atoms with E-state index in [0.717, 1.165) is 81.9 Å². The average molecular weight is 641 g/mol. The quantitative estimate of drug-likeness (QED) is 0.219. The van der Waals surface area contributed by atoms with Crippen LogP contribution in [-0.4, -0.2) is 99.6 Å². The van der Waals surface area contributed by atoms with Crippen molar-refractivity contribution in [1.29, 1.82) is 0 Å². The molecule has 4 fully saturated rings. The van der Waals surface area contributed by atoms with Gasteiger partial charge in [-0.1, -0.05) is 30.3 Å². The Labute approximate surface area is 275 Å². The second kappa shape index (κ2) is 12.5. The maximum Gasteiger partial charge on any atom is 0.319 e. The Kier molecular flexibility index (Phi) is 8.16. The molecule has 4 aliphatic rings. The average Bonchev–Trinajstić information content (AvgIpc) is 3.72. The zero-order valence-electron chi connectivity index (χ0n) is 27.0. The van der Waals surface area contributed by atoms with Crippen molar-refractivity contribution in [3.63, 3.8) is 0 Å². The van der Waals surface area contributed by atoms with Crippen molar-refractivity contribution < 1.29 is 19.3 Å². The monoisotopic (exact) mass is 640 g/mol. The Bertz CT molecular complexity index is 1760. The second-order valence-corrected chi connectivity index (χ2v) is 14.1. The molecule has 9 nitrogen and oxygen atoms in total. The Hall–Kier alpha value is -3.57. The summed E-state index contributed by atoms with van der Waals surface area (Å²) in [5.74, 6) is 0.339. The van der Waals surface area contributed by atoms with Gasteiger partial charge in [0.15, 0.2) is 5.82 Å². The van der Waals surface area contributed by atoms with E-state index < -0.39 is 5.82 Å². The van der Waals surface area contributed by atoms with E-state index in [9.17, 15) is 10.2 Å². The van der Waals surface area contributed by atoms with Crippen LogP contribution in [0.25, 0.3) is 32.8 Å². The first kappa shape index (κ1) is 30.7. The number of phenols is 1. The first-order valence-corrected chi connectivity index (χ1v) is 17.4. The number of aliphatic hydroxyl groups is 1. The number of nitrogens with zero attached hydrogens (tertiary/aromatic N) is 5. The Morgan fingerprint density at radius 2 is 1.74 bits per heavy atom. The van der Waals surface area contributed by atoms with E-state index in [4.69, 9.17) is 20.4 Å². The molecule has 0 radical (unpaired) electrons. The zero-order valence-corrected chi connectivity index (χ0v) is 27.0. The van der Waals surface area contributed by atoms with Gasteiger partial charge in [0.1, 0.15) is 23.7 Å². The van der Waals surface area contributed by atoms with Gasteiger partial charge in [-0.2, -0.15) is 9.97 Å². The van der Waals surface area contributed by atoms with E-state index in [1.807, 2.05) is 30.3 Å². The standard InChI is InChI=1S/C37H45FN6O3/c38-33-30(32-19-28(46)18-24-6-1-2-8-29(24)32)11-12-31-34(33)40-36(47-23-37-13-4-16-43(37)17-5-14-37)41-35(31)42-20-25-9-10-26(21-42)44(25)22-27(45)7-3-15-39/h1-2,6,8,11-12,18-19,25-27,45-46H,3-5,7,9-10,13-17,20-23,39H2/t25-,26+,27?. The molecule has 8 rings (SSSR count). The Balaban J connectivity index is 1.17. The summed E-state index contributed by atoms with van der Waals surface area (Å²) in [5.41, 5.74) is 6.93. The molecule has 1 unspecified atom stereocenters. The van der Waals surface area contributed by atoms with Crippen molar-refractivity contribution in [2.24, 2.45) is 5.73 Å². The summed E-state index contributed by atoms with van der Waals surface area (Å²) in [5, 5.41) is 23.6. The van der Waals surface area contributed by atoms with Crippen LogP contribution in [0.4, 0.5) is 10.2 Å². The van der Waals surface area contributed by atoms with E-state index in [-0.39, 0.29) is 41.0 Å². The van der Waals surface area contributed by atoms with Crippen LogP contribution in [0.3, 0.4) is 0 Å². The number of piperazine rings is 1. The van der Waals surface area contributed by atoms with Crippen molar-refractivity contribution in [2.45, 2.75) is 75.1 Å². The van der Waals surface area contributed by atoms with E-state index in [1.165, 1.54) is 0 Å². The molecule has 0 aliphatic carbocycles. The molecular weight excluding hydrogens is 595 g/mol. The topological polar surface area (TPSA) is 111 Å². The van der Waals surface area contributed by atoms with Gasteiger partial charge < -0.3 is 25.6 Å². The van der Waals surface area contributed by atoms with Gasteiger partial charge in [0.25, 0.3) is 0 Å². The highest BCUT2D eigenvalue weighted by molar-refractivity contribution is 6.01. The number of ether oxygens (including phenoxy) is 1. The van der Waals surface area contributed by atoms with Gasteiger partial charge in [-0.3, -0.25) is 9.80 Å². The van der Waals surface area contributed by atoms with Crippen LogP contribution >= 0.6 is 0 Å². The van der Waals surface area contributed by atoms with Crippen LogP contribution in [0.2, 0.25) is 0 Å². The lowest BCUT2D eigenvalue weighted by molar-refractivity contribution is 0.0694. The fourth-order valence-electron chi connectivity index (χ4n) is 8.97. The van der Waals surface area contributed by atoms with Crippen molar-refractivity contribution in [3.05, 3.63) is 54.3 Å². The molecule has 0 spiro atoms. The predicted octanol–water partition coefficient (Wildman–Crippen LogP) is 5.05. The molecule has 4 aliphatic heterocycles. The third-order valence-corrected chi connectivity index (χ3v) is 11.3. The van der Waals surface area contributed by atoms with Gasteiger partial charge >= 0.3 is 6.01 Å². The summed E-state index contributed by atoms with van der Waals surface area (Å²) in [6.45, 7) is 5.40. The van der Waals surface area contributed by atoms with Crippen LogP contribution in [0, 0.1) is 5.82 Å². The summed E-state index contributed by atoms with van der Waals surface area (Å²) in [6.07, 6.45) is 7.77. The number of aromatic nitrogens is 2. The molecule has 0 amide bonds. The lowest BCUT2D eigenvalue weighted by atomic mass is 9.95. The predicted molar refractivity (Wildman–Crippen MR) is 182 cm³/mol. The number of hydrogen-bond acceptors (Lipinski definition) is 9. The van der Waals surface area contributed by atoms with E-state index in [0.29, 0.717) is 48.4 Å². The minimum absolute atomic E-state index is 0.00875. The number of hydrogen-bond donors (Lipinski definition) is 3. The fourth-order valence-corrected chi connectivity index (χ4v) is 8.97. The fraction of sp³-hybridized carbons (Fsp3) is 0.514. The molecule has 4 aromatic rings. The second-order valence-electron chi connectivity index (χ2n) is 14.1. The molecule has 5 heterocycles. The highest BCUT2D eigenvalue weighted by Crippen LogP contribution is 2.42. The van der Waals surface area contributed by atoms with E-state index in [1.54, 1.807) is 18.2 Å². The highest BCUT2D eigenvalue weighted by Gasteiger charge is 2.45. The van der Waals surface area contributed by atoms with E-state index in [2.05, 4.69) is 14.7 Å². The van der Waals surface area contributed by atoms with Crippen LogP contribution < -0.4 is 15.4 Å². The van der Waals surface area contributed by atoms with Gasteiger partial charge in [-0.15, -0.1) is 0 Å². The number of aromatic hydroxyl groups is 1. The van der Waals surface area contributed by atoms with Crippen molar-refractivity contribution >= 4 is 27.5 Å². The SMILES string of the molecule is NCCCC(O)CN1[C@@H]2CC[C@H]1CN(c1nc(OCC34CCCN3CCC4)nc3c(F)c(-c4cc(O)cc5ccccc45)ccc13)C2. The molecule has 3 atom stereocenters. The molecule has 248 valence electrons. The first-order valence-electron chi connectivity index (χ1n) is 17.4. The number of fused-ring (bicyclic) bond motifs is 5. The number of halogens is 1. The molecule has 10 heteroatoms. The van der Waals surface area contributed by atoms with Gasteiger partial charge in [0.05, 0.1) is 11.6 Å². The number of anilines is 1.